The van der Waals surface area contributed by atoms with Gasteiger partial charge in [0.15, 0.2) is 11.5 Å². The largest absolute Gasteiger partial charge is 0.493 e. The summed E-state index contributed by atoms with van der Waals surface area (Å²) in [7, 11) is 4.85. The van der Waals surface area contributed by atoms with Gasteiger partial charge in [-0.25, -0.2) is 4.98 Å². The first-order chi connectivity index (χ1) is 13.1. The molecule has 0 saturated heterocycles. The number of rotatable bonds is 8. The highest BCUT2D eigenvalue weighted by molar-refractivity contribution is 7.18. The van der Waals surface area contributed by atoms with Gasteiger partial charge >= 0.3 is 0 Å². The molecule has 2 heterocycles. The maximum atomic E-state index is 13.0. The quantitative estimate of drug-likeness (QED) is 0.593. The van der Waals surface area contributed by atoms with E-state index in [9.17, 15) is 4.79 Å². The summed E-state index contributed by atoms with van der Waals surface area (Å²) in [4.78, 5) is 19.8. The number of nitrogens with zero attached hydrogens (tertiary/aromatic N) is 2. The van der Waals surface area contributed by atoms with Crippen molar-refractivity contribution in [3.63, 3.8) is 0 Å². The molecule has 1 aromatic carbocycles. The van der Waals surface area contributed by atoms with E-state index in [1.807, 2.05) is 24.3 Å². The first kappa shape index (κ1) is 19.4. The predicted molar refractivity (Wildman–Crippen MR) is 107 cm³/mol. The first-order valence-electron chi connectivity index (χ1n) is 8.83. The molecule has 0 atom stereocenters. The zero-order valence-corrected chi connectivity index (χ0v) is 16.9. The van der Waals surface area contributed by atoms with E-state index in [2.05, 4.69) is 6.92 Å². The van der Waals surface area contributed by atoms with E-state index in [0.717, 1.165) is 27.5 Å². The third-order valence-corrected chi connectivity index (χ3v) is 5.63. The van der Waals surface area contributed by atoms with Gasteiger partial charge in [0.1, 0.15) is 10.7 Å². The van der Waals surface area contributed by atoms with E-state index in [1.54, 1.807) is 37.2 Å². The minimum absolute atomic E-state index is 0.0107. The molecular weight excluding hydrogens is 364 g/mol. The van der Waals surface area contributed by atoms with Gasteiger partial charge < -0.3 is 14.2 Å². The van der Waals surface area contributed by atoms with Crippen LogP contribution in [0.15, 0.2) is 29.1 Å². The van der Waals surface area contributed by atoms with Crippen LogP contribution in [0, 0.1) is 0 Å². The number of ether oxygens (including phenoxy) is 3. The van der Waals surface area contributed by atoms with Gasteiger partial charge in [-0.3, -0.25) is 9.36 Å². The SMILES string of the molecule is CCc1cc2c(=O)n(CCOC)c(Cc3ccc(OC)c(OC)c3)nc2s1. The highest BCUT2D eigenvalue weighted by Crippen LogP contribution is 2.29. The highest BCUT2D eigenvalue weighted by Gasteiger charge is 2.15. The van der Waals surface area contributed by atoms with Gasteiger partial charge in [0.25, 0.3) is 5.56 Å². The van der Waals surface area contributed by atoms with Crippen molar-refractivity contribution in [2.24, 2.45) is 0 Å². The molecule has 0 spiro atoms. The summed E-state index contributed by atoms with van der Waals surface area (Å²) in [5, 5.41) is 0.684. The lowest BCUT2D eigenvalue weighted by Crippen LogP contribution is -2.26. The van der Waals surface area contributed by atoms with Crippen molar-refractivity contribution in [2.75, 3.05) is 27.9 Å². The molecule has 0 saturated carbocycles. The van der Waals surface area contributed by atoms with Gasteiger partial charge in [0.2, 0.25) is 0 Å². The standard InChI is InChI=1S/C20H24N2O4S/c1-5-14-12-15-19(27-14)21-18(22(20(15)23)8-9-24-2)11-13-6-7-16(25-3)17(10-13)26-4/h6-7,10,12H,5,8-9,11H2,1-4H3. The Hall–Kier alpha value is -2.38. The summed E-state index contributed by atoms with van der Waals surface area (Å²) in [5.74, 6) is 2.06. The third kappa shape index (κ3) is 3.99. The zero-order chi connectivity index (χ0) is 19.4. The van der Waals surface area contributed by atoms with Crippen molar-refractivity contribution in [1.29, 1.82) is 0 Å². The first-order valence-corrected chi connectivity index (χ1v) is 9.64. The molecule has 0 amide bonds. The number of aromatic nitrogens is 2. The number of hydrogen-bond donors (Lipinski definition) is 0. The molecule has 27 heavy (non-hydrogen) atoms. The zero-order valence-electron chi connectivity index (χ0n) is 16.1. The number of methoxy groups -OCH3 is 3. The van der Waals surface area contributed by atoms with Gasteiger partial charge in [-0.2, -0.15) is 0 Å². The summed E-state index contributed by atoms with van der Waals surface area (Å²) in [5.41, 5.74) is 0.987. The van der Waals surface area contributed by atoms with Crippen molar-refractivity contribution < 1.29 is 14.2 Å². The normalized spacial score (nSPS) is 11.1. The predicted octanol–water partition coefficient (Wildman–Crippen LogP) is 3.27. The van der Waals surface area contributed by atoms with Gasteiger partial charge in [0, 0.05) is 18.4 Å². The maximum Gasteiger partial charge on any atom is 0.262 e. The second kappa shape index (κ2) is 8.54. The van der Waals surface area contributed by atoms with Crippen molar-refractivity contribution in [3.05, 3.63) is 50.9 Å². The second-order valence-electron chi connectivity index (χ2n) is 6.13. The lowest BCUT2D eigenvalue weighted by atomic mass is 10.1. The highest BCUT2D eigenvalue weighted by atomic mass is 32.1. The fraction of sp³-hybridized carbons (Fsp3) is 0.400. The van der Waals surface area contributed by atoms with Crippen molar-refractivity contribution >= 4 is 21.6 Å². The Kier molecular flexibility index (Phi) is 6.13. The van der Waals surface area contributed by atoms with Crippen LogP contribution in [0.4, 0.5) is 0 Å². The maximum absolute atomic E-state index is 13.0. The summed E-state index contributed by atoms with van der Waals surface area (Å²) in [6.45, 7) is 3.01. The van der Waals surface area contributed by atoms with E-state index in [0.29, 0.717) is 36.5 Å². The van der Waals surface area contributed by atoms with E-state index in [-0.39, 0.29) is 5.56 Å². The Morgan fingerprint density at radius 1 is 1.11 bits per heavy atom. The number of thiophene rings is 1. The molecule has 0 N–H and O–H groups in total. The average Bonchev–Trinajstić information content (AvgIpc) is 3.11. The van der Waals surface area contributed by atoms with Crippen LogP contribution in [-0.2, 0) is 24.1 Å². The van der Waals surface area contributed by atoms with Crippen LogP contribution < -0.4 is 15.0 Å². The molecule has 0 aliphatic rings. The molecule has 0 fully saturated rings. The van der Waals surface area contributed by atoms with E-state index in [1.165, 1.54) is 0 Å². The van der Waals surface area contributed by atoms with Crippen molar-refractivity contribution in [1.82, 2.24) is 9.55 Å². The molecule has 0 unspecified atom stereocenters. The van der Waals surface area contributed by atoms with Crippen LogP contribution >= 0.6 is 11.3 Å². The van der Waals surface area contributed by atoms with Crippen LogP contribution in [0.25, 0.3) is 10.2 Å². The minimum Gasteiger partial charge on any atom is -0.493 e. The minimum atomic E-state index is -0.0107. The average molecular weight is 388 g/mol. The molecule has 0 radical (unpaired) electrons. The molecule has 2 aromatic heterocycles. The fourth-order valence-corrected chi connectivity index (χ4v) is 3.98. The number of aryl methyl sites for hydroxylation is 1. The summed E-state index contributed by atoms with van der Waals surface area (Å²) in [6.07, 6.45) is 1.41. The van der Waals surface area contributed by atoms with E-state index >= 15 is 0 Å². The van der Waals surface area contributed by atoms with Crippen LogP contribution in [-0.4, -0.2) is 37.5 Å². The summed E-state index contributed by atoms with van der Waals surface area (Å²) >= 11 is 1.58. The molecule has 0 aliphatic heterocycles. The second-order valence-corrected chi connectivity index (χ2v) is 7.24. The van der Waals surface area contributed by atoms with Crippen molar-refractivity contribution in [2.45, 2.75) is 26.3 Å². The topological polar surface area (TPSA) is 62.6 Å². The van der Waals surface area contributed by atoms with Gasteiger partial charge in [-0.1, -0.05) is 13.0 Å². The Bertz CT molecular complexity index is 994. The molecule has 7 heteroatoms. The lowest BCUT2D eigenvalue weighted by molar-refractivity contribution is 0.185. The summed E-state index contributed by atoms with van der Waals surface area (Å²) in [6, 6.07) is 7.70. The number of fused-ring (bicyclic) bond motifs is 1. The Morgan fingerprint density at radius 2 is 1.89 bits per heavy atom. The van der Waals surface area contributed by atoms with Crippen LogP contribution in [0.2, 0.25) is 0 Å². The van der Waals surface area contributed by atoms with Crippen LogP contribution in [0.1, 0.15) is 23.2 Å². The van der Waals surface area contributed by atoms with E-state index < -0.39 is 0 Å². The molecule has 3 rings (SSSR count). The van der Waals surface area contributed by atoms with E-state index in [4.69, 9.17) is 19.2 Å². The molecule has 0 bridgehead atoms. The Balaban J connectivity index is 2.07. The molecule has 3 aromatic rings. The molecular formula is C20H24N2O4S. The molecule has 144 valence electrons. The monoisotopic (exact) mass is 388 g/mol. The van der Waals surface area contributed by atoms with Crippen LogP contribution in [0.3, 0.4) is 0 Å². The van der Waals surface area contributed by atoms with Gasteiger partial charge in [-0.15, -0.1) is 11.3 Å². The Morgan fingerprint density at radius 3 is 2.56 bits per heavy atom. The fourth-order valence-electron chi connectivity index (χ4n) is 3.00. The van der Waals surface area contributed by atoms with Gasteiger partial charge in [-0.05, 0) is 30.2 Å². The number of hydrogen-bond acceptors (Lipinski definition) is 6. The van der Waals surface area contributed by atoms with Gasteiger partial charge in [0.05, 0.1) is 32.8 Å². The Labute approximate surface area is 162 Å². The summed E-state index contributed by atoms with van der Waals surface area (Å²) < 4.78 is 17.6. The van der Waals surface area contributed by atoms with Crippen LogP contribution in [0.5, 0.6) is 11.5 Å². The molecule has 0 aliphatic carbocycles. The lowest BCUT2D eigenvalue weighted by Gasteiger charge is -2.13. The molecule has 6 nitrogen and oxygen atoms in total. The smallest absolute Gasteiger partial charge is 0.262 e. The third-order valence-electron chi connectivity index (χ3n) is 4.46. The number of benzene rings is 1. The van der Waals surface area contributed by atoms with Crippen molar-refractivity contribution in [3.8, 4) is 11.5 Å².